The van der Waals surface area contributed by atoms with Crippen LogP contribution in [0.15, 0.2) is 158 Å². The van der Waals surface area contributed by atoms with Gasteiger partial charge < -0.3 is 0 Å². The smallest absolute Gasteiger partial charge is 0.0702 e. The summed E-state index contributed by atoms with van der Waals surface area (Å²) in [5, 5.41) is 2.81. The molecule has 1 aromatic heterocycles. The van der Waals surface area contributed by atoms with Gasteiger partial charge in [0.15, 0.2) is 0 Å². The number of hydrogen-bond acceptors (Lipinski definition) is 1. The van der Waals surface area contributed by atoms with Crippen LogP contribution in [0.2, 0.25) is 0 Å². The lowest BCUT2D eigenvalue weighted by molar-refractivity contribution is 1.33. The largest absolute Gasteiger partial charge is 0.256 e. The fourth-order valence-electron chi connectivity index (χ4n) is 4.85. The van der Waals surface area contributed by atoms with Crippen LogP contribution in [0.1, 0.15) is 5.56 Å². The number of rotatable bonds is 7. The summed E-state index contributed by atoms with van der Waals surface area (Å²) in [4.78, 5) is 4.65. The van der Waals surface area contributed by atoms with Gasteiger partial charge in [-0.1, -0.05) is 121 Å². The summed E-state index contributed by atoms with van der Waals surface area (Å²) in [5.41, 5.74) is 8.31. The molecule has 0 saturated carbocycles. The zero-order chi connectivity index (χ0) is 25.6. The number of hydrogen-bond donors (Lipinski definition) is 0. The van der Waals surface area contributed by atoms with Gasteiger partial charge in [-0.2, -0.15) is 0 Å². The third-order valence-electron chi connectivity index (χ3n) is 6.74. The van der Waals surface area contributed by atoms with Gasteiger partial charge in [0, 0.05) is 17.9 Å². The lowest BCUT2D eigenvalue weighted by Crippen LogP contribution is -2.12. The average molecular weight is 506 g/mol. The normalized spacial score (nSPS) is 11.0. The molecule has 0 atom stereocenters. The Morgan fingerprint density at radius 2 is 0.974 bits per heavy atom. The van der Waals surface area contributed by atoms with Crippen molar-refractivity contribution in [3.8, 4) is 33.5 Å². The minimum absolute atomic E-state index is 0.503. The summed E-state index contributed by atoms with van der Waals surface area (Å²) < 4.78 is 0. The highest BCUT2D eigenvalue weighted by atomic mass is 31.1. The number of pyridine rings is 1. The third kappa shape index (κ3) is 5.49. The van der Waals surface area contributed by atoms with Crippen LogP contribution in [-0.2, 0) is 6.16 Å². The van der Waals surface area contributed by atoms with Crippen LogP contribution in [0.3, 0.4) is 0 Å². The molecule has 0 fully saturated rings. The highest BCUT2D eigenvalue weighted by molar-refractivity contribution is 7.72. The lowest BCUT2D eigenvalue weighted by atomic mass is 9.94. The molecule has 2 heteroatoms. The quantitative estimate of drug-likeness (QED) is 0.198. The van der Waals surface area contributed by atoms with Crippen molar-refractivity contribution in [2.75, 3.05) is 0 Å². The van der Waals surface area contributed by atoms with Gasteiger partial charge in [0.25, 0.3) is 0 Å². The van der Waals surface area contributed by atoms with E-state index in [1.165, 1.54) is 38.4 Å². The van der Waals surface area contributed by atoms with Crippen LogP contribution in [-0.4, -0.2) is 4.98 Å². The standard InChI is InChI=1S/C36H28NP/c1-4-14-29(15-5-1)31-24-32(26-33(25-31)36-21-10-11-22-37-36)30-16-12-13-28(23-30)27-38(34-17-6-2-7-18-34)35-19-8-3-9-20-35/h1-26H,27H2. The molecule has 0 aliphatic rings. The Bertz CT molecular complexity index is 1520. The SMILES string of the molecule is c1ccc(-c2cc(-c3cccc(CP(c4ccccc4)c4ccccc4)c3)cc(-c3ccccn3)c2)cc1. The molecule has 38 heavy (non-hydrogen) atoms. The Morgan fingerprint density at radius 3 is 1.61 bits per heavy atom. The van der Waals surface area contributed by atoms with E-state index in [1.807, 2.05) is 18.3 Å². The second-order valence-corrected chi connectivity index (χ2v) is 11.5. The average Bonchev–Trinajstić information content (AvgIpc) is 3.01. The van der Waals surface area contributed by atoms with E-state index >= 15 is 0 Å². The van der Waals surface area contributed by atoms with Crippen LogP contribution in [0.5, 0.6) is 0 Å². The van der Waals surface area contributed by atoms with Gasteiger partial charge >= 0.3 is 0 Å². The van der Waals surface area contributed by atoms with Gasteiger partial charge in [0.2, 0.25) is 0 Å². The van der Waals surface area contributed by atoms with E-state index in [2.05, 4.69) is 145 Å². The van der Waals surface area contributed by atoms with Gasteiger partial charge in [0.1, 0.15) is 0 Å². The summed E-state index contributed by atoms with van der Waals surface area (Å²) in [6.45, 7) is 0. The third-order valence-corrected chi connectivity index (χ3v) is 9.26. The van der Waals surface area contributed by atoms with Gasteiger partial charge in [-0.25, -0.2) is 0 Å². The van der Waals surface area contributed by atoms with E-state index in [9.17, 15) is 0 Å². The Kier molecular flexibility index (Phi) is 7.20. The minimum atomic E-state index is -0.503. The lowest BCUT2D eigenvalue weighted by Gasteiger charge is -2.19. The molecule has 0 aliphatic carbocycles. The van der Waals surface area contributed by atoms with Crippen LogP contribution in [0, 0.1) is 0 Å². The Morgan fingerprint density at radius 1 is 0.421 bits per heavy atom. The monoisotopic (exact) mass is 505 g/mol. The Labute approximate surface area is 226 Å². The predicted molar refractivity (Wildman–Crippen MR) is 163 cm³/mol. The molecule has 0 spiro atoms. The summed E-state index contributed by atoms with van der Waals surface area (Å²) in [7, 11) is -0.503. The highest BCUT2D eigenvalue weighted by Gasteiger charge is 2.15. The second kappa shape index (κ2) is 11.4. The molecule has 0 saturated heterocycles. The van der Waals surface area contributed by atoms with Gasteiger partial charge in [-0.05, 0) is 76.7 Å². The Hall–Kier alpha value is -4.32. The van der Waals surface area contributed by atoms with Crippen molar-refractivity contribution < 1.29 is 0 Å². The zero-order valence-electron chi connectivity index (χ0n) is 21.1. The van der Waals surface area contributed by atoms with E-state index in [4.69, 9.17) is 0 Å². The molecule has 0 bridgehead atoms. The summed E-state index contributed by atoms with van der Waals surface area (Å²) in [5.74, 6) is 0. The van der Waals surface area contributed by atoms with E-state index in [0.717, 1.165) is 17.4 Å². The topological polar surface area (TPSA) is 12.9 Å². The van der Waals surface area contributed by atoms with Crippen molar-refractivity contribution >= 4 is 18.5 Å². The van der Waals surface area contributed by atoms with Crippen LogP contribution in [0.25, 0.3) is 33.5 Å². The van der Waals surface area contributed by atoms with Crippen LogP contribution in [0.4, 0.5) is 0 Å². The van der Waals surface area contributed by atoms with Crippen molar-refractivity contribution in [3.63, 3.8) is 0 Å². The molecule has 6 rings (SSSR count). The molecule has 5 aromatic carbocycles. The summed E-state index contributed by atoms with van der Waals surface area (Å²) in [6, 6.07) is 54.4. The maximum absolute atomic E-state index is 4.65. The molecule has 1 nitrogen and oxygen atoms in total. The molecule has 0 N–H and O–H groups in total. The van der Waals surface area contributed by atoms with Crippen LogP contribution < -0.4 is 10.6 Å². The van der Waals surface area contributed by atoms with Gasteiger partial charge in [-0.15, -0.1) is 0 Å². The van der Waals surface area contributed by atoms with Gasteiger partial charge in [0.05, 0.1) is 5.69 Å². The first-order chi connectivity index (χ1) is 18.8. The number of benzene rings is 5. The summed E-state index contributed by atoms with van der Waals surface area (Å²) >= 11 is 0. The van der Waals surface area contributed by atoms with Crippen molar-refractivity contribution in [1.29, 1.82) is 0 Å². The molecular formula is C36H28NP. The first kappa shape index (κ1) is 24.0. The molecule has 1 heterocycles. The fourth-order valence-corrected chi connectivity index (χ4v) is 7.14. The summed E-state index contributed by atoms with van der Waals surface area (Å²) in [6.07, 6.45) is 2.86. The van der Waals surface area contributed by atoms with E-state index in [1.54, 1.807) is 0 Å². The molecule has 0 aliphatic heterocycles. The van der Waals surface area contributed by atoms with E-state index in [-0.39, 0.29) is 0 Å². The molecule has 6 aromatic rings. The van der Waals surface area contributed by atoms with Crippen molar-refractivity contribution in [2.45, 2.75) is 6.16 Å². The highest BCUT2D eigenvalue weighted by Crippen LogP contribution is 2.39. The van der Waals surface area contributed by atoms with Gasteiger partial charge in [-0.3, -0.25) is 4.98 Å². The van der Waals surface area contributed by atoms with E-state index in [0.29, 0.717) is 0 Å². The second-order valence-electron chi connectivity index (χ2n) is 9.34. The molecule has 0 radical (unpaired) electrons. The Balaban J connectivity index is 1.41. The number of aromatic nitrogens is 1. The molecular weight excluding hydrogens is 477 g/mol. The maximum atomic E-state index is 4.65. The molecule has 182 valence electrons. The first-order valence-electron chi connectivity index (χ1n) is 12.9. The van der Waals surface area contributed by atoms with Crippen LogP contribution >= 0.6 is 7.92 Å². The van der Waals surface area contributed by atoms with Crippen molar-refractivity contribution in [3.05, 3.63) is 163 Å². The van der Waals surface area contributed by atoms with Crippen molar-refractivity contribution in [2.24, 2.45) is 0 Å². The zero-order valence-corrected chi connectivity index (χ0v) is 22.0. The van der Waals surface area contributed by atoms with E-state index < -0.39 is 7.92 Å². The minimum Gasteiger partial charge on any atom is -0.256 e. The molecule has 0 unspecified atom stereocenters. The molecule has 0 amide bonds. The maximum Gasteiger partial charge on any atom is 0.0702 e. The predicted octanol–water partition coefficient (Wildman–Crippen LogP) is 8.72. The van der Waals surface area contributed by atoms with Crippen molar-refractivity contribution in [1.82, 2.24) is 4.98 Å². The number of nitrogens with zero attached hydrogens (tertiary/aromatic N) is 1. The fraction of sp³-hybridized carbons (Fsp3) is 0.0278. The first-order valence-corrected chi connectivity index (χ1v) is 14.4.